The zero-order valence-corrected chi connectivity index (χ0v) is 18.3. The topological polar surface area (TPSA) is 110 Å². The normalized spacial score (nSPS) is 14.9. The monoisotopic (exact) mass is 443 g/mol. The van der Waals surface area contributed by atoms with Crippen LogP contribution < -0.4 is 15.2 Å². The quantitative estimate of drug-likeness (QED) is 0.366. The minimum Gasteiger partial charge on any atom is -0.497 e. The molecule has 0 radical (unpaired) electrons. The minimum atomic E-state index is -0.839. The number of H-pyrrole nitrogens is 1. The number of hydrogen-bond acceptors (Lipinski definition) is 5. The van der Waals surface area contributed by atoms with Crippen LogP contribution in [0.5, 0.6) is 11.5 Å². The number of rotatable bonds is 7. The number of hydrogen-bond donors (Lipinski definition) is 3. The molecule has 0 spiro atoms. The zero-order chi connectivity index (χ0) is 22.9. The van der Waals surface area contributed by atoms with Crippen molar-refractivity contribution in [3.8, 4) is 22.6 Å². The van der Waals surface area contributed by atoms with E-state index in [0.29, 0.717) is 17.9 Å². The Morgan fingerprint density at radius 3 is 2.82 bits per heavy atom. The average Bonchev–Trinajstić information content (AvgIpc) is 3.44. The van der Waals surface area contributed by atoms with Gasteiger partial charge in [0.1, 0.15) is 17.6 Å². The van der Waals surface area contributed by atoms with Gasteiger partial charge in [0.05, 0.1) is 24.5 Å². The number of nitrogens with zero attached hydrogens (tertiary/aromatic N) is 1. The lowest BCUT2D eigenvalue weighted by Gasteiger charge is -2.20. The Labute approximate surface area is 191 Å². The molecule has 168 valence electrons. The predicted octanol–water partition coefficient (Wildman–Crippen LogP) is 4.38. The molecule has 4 N–H and O–H groups in total. The summed E-state index contributed by atoms with van der Waals surface area (Å²) in [6.45, 7) is 0. The van der Waals surface area contributed by atoms with E-state index in [9.17, 15) is 4.79 Å². The first-order chi connectivity index (χ1) is 16.0. The molecule has 0 fully saturated rings. The summed E-state index contributed by atoms with van der Waals surface area (Å²) < 4.78 is 11.9. The van der Waals surface area contributed by atoms with Gasteiger partial charge < -0.3 is 20.3 Å². The molecular formula is C26H25N3O4. The fourth-order valence-electron chi connectivity index (χ4n) is 4.50. The van der Waals surface area contributed by atoms with E-state index in [1.165, 1.54) is 11.1 Å². The first kappa shape index (κ1) is 20.9. The van der Waals surface area contributed by atoms with Crippen molar-refractivity contribution in [2.45, 2.75) is 31.8 Å². The molecule has 5 rings (SSSR count). The second-order valence-corrected chi connectivity index (χ2v) is 8.41. The Morgan fingerprint density at radius 1 is 1.15 bits per heavy atom. The molecule has 4 aromatic rings. The number of nitrogens with one attached hydrogen (secondary N) is 1. The van der Waals surface area contributed by atoms with E-state index in [4.69, 9.17) is 20.3 Å². The van der Waals surface area contributed by atoms with Crippen LogP contribution in [0.15, 0.2) is 54.7 Å². The number of carboxylic acids is 1. The Kier molecular flexibility index (Phi) is 5.38. The van der Waals surface area contributed by atoms with E-state index in [2.05, 4.69) is 22.3 Å². The lowest BCUT2D eigenvalue weighted by molar-refractivity contribution is -0.136. The fraction of sp³-hybridized carbons (Fsp3) is 0.231. The lowest BCUT2D eigenvalue weighted by Crippen LogP contribution is -2.18. The number of nitrogens with two attached hydrogens (primary N) is 1. The largest absolute Gasteiger partial charge is 0.497 e. The molecule has 1 aliphatic carbocycles. The molecule has 7 nitrogen and oxygen atoms in total. The molecule has 1 aromatic heterocycles. The molecule has 3 aromatic carbocycles. The molecule has 0 bridgehead atoms. The summed E-state index contributed by atoms with van der Waals surface area (Å²) in [6, 6.07) is 15.9. The van der Waals surface area contributed by atoms with Crippen LogP contribution in [0.25, 0.3) is 22.0 Å². The minimum absolute atomic E-state index is 0.0413. The lowest BCUT2D eigenvalue weighted by atomic mass is 9.97. The number of carboxylic acid groups (broad SMARTS) is 1. The zero-order valence-electron chi connectivity index (χ0n) is 18.3. The van der Waals surface area contributed by atoms with Crippen molar-refractivity contribution < 1.29 is 19.4 Å². The van der Waals surface area contributed by atoms with Crippen LogP contribution in [0.1, 0.15) is 23.1 Å². The third-order valence-corrected chi connectivity index (χ3v) is 6.15. The molecule has 1 atom stereocenters. The third kappa shape index (κ3) is 4.22. The van der Waals surface area contributed by atoms with Crippen LogP contribution in [0.2, 0.25) is 0 Å². The number of nitrogen functional groups attached to an aromatic ring is 1. The highest BCUT2D eigenvalue weighted by molar-refractivity contribution is 5.87. The van der Waals surface area contributed by atoms with Crippen molar-refractivity contribution in [3.05, 3.63) is 71.4 Å². The smallest absolute Gasteiger partial charge is 0.303 e. The number of aromatic amines is 1. The van der Waals surface area contributed by atoms with Gasteiger partial charge in [-0.25, -0.2) is 0 Å². The van der Waals surface area contributed by atoms with E-state index in [0.717, 1.165) is 46.2 Å². The van der Waals surface area contributed by atoms with Gasteiger partial charge in [-0.3, -0.25) is 9.89 Å². The van der Waals surface area contributed by atoms with E-state index in [1.807, 2.05) is 36.4 Å². The van der Waals surface area contributed by atoms with E-state index < -0.39 is 5.97 Å². The third-order valence-electron chi connectivity index (χ3n) is 6.15. The van der Waals surface area contributed by atoms with Crippen LogP contribution in [-0.4, -0.2) is 34.5 Å². The number of fused-ring (bicyclic) bond motifs is 2. The van der Waals surface area contributed by atoms with Crippen LogP contribution in [0, 0.1) is 0 Å². The fourth-order valence-corrected chi connectivity index (χ4v) is 4.50. The van der Waals surface area contributed by atoms with E-state index >= 15 is 0 Å². The Balaban J connectivity index is 1.51. The van der Waals surface area contributed by atoms with Crippen molar-refractivity contribution in [2.75, 3.05) is 12.8 Å². The van der Waals surface area contributed by atoms with Crippen LogP contribution in [0.3, 0.4) is 0 Å². The number of ether oxygens (including phenoxy) is 2. The number of benzene rings is 3. The summed E-state index contributed by atoms with van der Waals surface area (Å²) in [7, 11) is 1.67. The maximum atomic E-state index is 11.1. The highest BCUT2D eigenvalue weighted by Gasteiger charge is 2.26. The van der Waals surface area contributed by atoms with Crippen LogP contribution in [-0.2, 0) is 24.1 Å². The molecule has 0 amide bonds. The van der Waals surface area contributed by atoms with Gasteiger partial charge in [-0.05, 0) is 65.1 Å². The van der Waals surface area contributed by atoms with Gasteiger partial charge in [0, 0.05) is 30.2 Å². The number of aryl methyl sites for hydroxylation is 1. The summed E-state index contributed by atoms with van der Waals surface area (Å²) >= 11 is 0. The SMILES string of the molecule is COc1ccc2c(c1)CC(Oc1c(N)cc(CCC(=O)O)cc1-c1ccc3[nH]ncc3c1)C2. The molecule has 0 saturated heterocycles. The Morgan fingerprint density at radius 2 is 2.00 bits per heavy atom. The Bertz CT molecular complexity index is 1340. The molecule has 1 unspecified atom stereocenters. The highest BCUT2D eigenvalue weighted by atomic mass is 16.5. The number of methoxy groups -OCH3 is 1. The van der Waals surface area contributed by atoms with Crippen molar-refractivity contribution >= 4 is 22.6 Å². The standard InChI is InChI=1S/C26H25N3O4/c1-32-20-5-3-16-11-21(13-18(16)12-20)33-26-22(8-15(9-23(26)27)2-7-25(30)31)17-4-6-24-19(10-17)14-28-29-24/h3-6,8-10,12,14,21H,2,7,11,13,27H2,1H3,(H,28,29)(H,30,31). The predicted molar refractivity (Wildman–Crippen MR) is 127 cm³/mol. The first-order valence-electron chi connectivity index (χ1n) is 10.9. The number of aliphatic carboxylic acids is 1. The van der Waals surface area contributed by atoms with Gasteiger partial charge in [0.25, 0.3) is 0 Å². The van der Waals surface area contributed by atoms with Gasteiger partial charge in [-0.1, -0.05) is 12.1 Å². The maximum absolute atomic E-state index is 11.1. The van der Waals surface area contributed by atoms with Gasteiger partial charge in [0.2, 0.25) is 0 Å². The molecule has 33 heavy (non-hydrogen) atoms. The van der Waals surface area contributed by atoms with Crippen LogP contribution >= 0.6 is 0 Å². The van der Waals surface area contributed by atoms with Crippen molar-refractivity contribution in [2.24, 2.45) is 0 Å². The second-order valence-electron chi connectivity index (χ2n) is 8.41. The molecular weight excluding hydrogens is 418 g/mol. The molecule has 0 saturated carbocycles. The van der Waals surface area contributed by atoms with Gasteiger partial charge in [-0.15, -0.1) is 0 Å². The average molecular weight is 444 g/mol. The molecule has 0 aliphatic heterocycles. The number of carbonyl (C=O) groups is 1. The summed E-state index contributed by atoms with van der Waals surface area (Å²) in [5.74, 6) is 0.627. The molecule has 1 heterocycles. The Hall–Kier alpha value is -4.00. The first-order valence-corrected chi connectivity index (χ1v) is 10.9. The molecule has 1 aliphatic rings. The van der Waals surface area contributed by atoms with Gasteiger partial charge >= 0.3 is 5.97 Å². The summed E-state index contributed by atoms with van der Waals surface area (Å²) in [5.41, 5.74) is 13.1. The maximum Gasteiger partial charge on any atom is 0.303 e. The summed E-state index contributed by atoms with van der Waals surface area (Å²) in [6.07, 6.45) is 3.73. The highest BCUT2D eigenvalue weighted by Crippen LogP contribution is 2.40. The van der Waals surface area contributed by atoms with Crippen LogP contribution in [0.4, 0.5) is 5.69 Å². The van der Waals surface area contributed by atoms with Crippen molar-refractivity contribution in [1.82, 2.24) is 10.2 Å². The summed E-state index contributed by atoms with van der Waals surface area (Å²) in [4.78, 5) is 11.1. The van der Waals surface area contributed by atoms with E-state index in [-0.39, 0.29) is 12.5 Å². The van der Waals surface area contributed by atoms with E-state index in [1.54, 1.807) is 13.3 Å². The van der Waals surface area contributed by atoms with Crippen molar-refractivity contribution in [3.63, 3.8) is 0 Å². The van der Waals surface area contributed by atoms with Crippen molar-refractivity contribution in [1.29, 1.82) is 0 Å². The number of aromatic nitrogens is 2. The summed E-state index contributed by atoms with van der Waals surface area (Å²) in [5, 5.41) is 17.2. The second kappa shape index (κ2) is 8.50. The van der Waals surface area contributed by atoms with Gasteiger partial charge in [-0.2, -0.15) is 5.10 Å². The molecule has 7 heteroatoms. The van der Waals surface area contributed by atoms with Gasteiger partial charge in [0.15, 0.2) is 0 Å². The number of anilines is 1.